The van der Waals surface area contributed by atoms with Crippen LogP contribution in [0, 0.1) is 23.7 Å². The fraction of sp³-hybridized carbons (Fsp3) is 0.750. The summed E-state index contributed by atoms with van der Waals surface area (Å²) >= 11 is 0. The van der Waals surface area contributed by atoms with Gasteiger partial charge in [0.15, 0.2) is 0 Å². The quantitative estimate of drug-likeness (QED) is 0.196. The van der Waals surface area contributed by atoms with Crippen LogP contribution in [-0.4, -0.2) is 25.2 Å². The molecule has 158 valence electrons. The van der Waals surface area contributed by atoms with E-state index in [2.05, 4.69) is 23.7 Å². The van der Waals surface area contributed by atoms with Crippen molar-refractivity contribution in [3.8, 4) is 23.7 Å². The summed E-state index contributed by atoms with van der Waals surface area (Å²) in [5, 5.41) is 0. The number of hydrogen-bond donors (Lipinski definition) is 0. The lowest BCUT2D eigenvalue weighted by atomic mass is 10.1. The molecule has 0 rings (SSSR count). The van der Waals surface area contributed by atoms with Crippen LogP contribution in [-0.2, 0) is 19.1 Å². The first-order valence-corrected chi connectivity index (χ1v) is 10.9. The first kappa shape index (κ1) is 26.1. The third-order valence-corrected chi connectivity index (χ3v) is 4.24. The SMILES string of the molecule is CC(=O)OCCCCCCCCC#CC#CCCCCCCCCOC(C)=O. The molecule has 0 aromatic heterocycles. The Balaban J connectivity index is 3.27. The average molecular weight is 391 g/mol. The summed E-state index contributed by atoms with van der Waals surface area (Å²) in [6, 6.07) is 0. The second-order valence-corrected chi connectivity index (χ2v) is 7.03. The lowest BCUT2D eigenvalue weighted by molar-refractivity contribution is -0.142. The maximum atomic E-state index is 10.6. The van der Waals surface area contributed by atoms with Crippen LogP contribution < -0.4 is 0 Å². The molecule has 28 heavy (non-hydrogen) atoms. The van der Waals surface area contributed by atoms with E-state index in [-0.39, 0.29) is 11.9 Å². The second kappa shape index (κ2) is 21.4. The predicted octanol–water partition coefficient (Wildman–Crippen LogP) is 5.58. The molecule has 4 nitrogen and oxygen atoms in total. The van der Waals surface area contributed by atoms with Gasteiger partial charge >= 0.3 is 11.9 Å². The molecule has 0 bridgehead atoms. The molecule has 0 atom stereocenters. The van der Waals surface area contributed by atoms with Crippen LogP contribution in [0.2, 0.25) is 0 Å². The van der Waals surface area contributed by atoms with E-state index in [1.165, 1.54) is 52.4 Å². The fourth-order valence-electron chi connectivity index (χ4n) is 2.69. The standard InChI is InChI=1S/C24H38O4/c1-23(25)27-21-19-17-15-13-11-9-7-5-3-4-6-8-10-12-14-16-18-20-22-28-24(2)26/h7-22H2,1-2H3. The van der Waals surface area contributed by atoms with Crippen LogP contribution in [0.15, 0.2) is 0 Å². The zero-order chi connectivity index (χ0) is 20.7. The second-order valence-electron chi connectivity index (χ2n) is 7.03. The molecule has 0 radical (unpaired) electrons. The topological polar surface area (TPSA) is 52.6 Å². The van der Waals surface area contributed by atoms with Gasteiger partial charge in [-0.3, -0.25) is 9.59 Å². The Morgan fingerprint density at radius 2 is 0.857 bits per heavy atom. The smallest absolute Gasteiger partial charge is 0.302 e. The number of unbranched alkanes of at least 4 members (excludes halogenated alkanes) is 12. The first-order chi connectivity index (χ1) is 13.6. The van der Waals surface area contributed by atoms with Crippen molar-refractivity contribution in [2.75, 3.05) is 13.2 Å². The Hall–Kier alpha value is -1.94. The van der Waals surface area contributed by atoms with Crippen LogP contribution in [0.5, 0.6) is 0 Å². The molecule has 0 aromatic carbocycles. The highest BCUT2D eigenvalue weighted by Gasteiger charge is 1.94. The van der Waals surface area contributed by atoms with E-state index in [4.69, 9.17) is 9.47 Å². The maximum absolute atomic E-state index is 10.6. The number of rotatable bonds is 16. The van der Waals surface area contributed by atoms with E-state index in [1.807, 2.05) is 0 Å². The normalized spacial score (nSPS) is 9.64. The monoisotopic (exact) mass is 390 g/mol. The van der Waals surface area contributed by atoms with Crippen LogP contribution in [0.3, 0.4) is 0 Å². The number of carbonyl (C=O) groups is 2. The molecule has 0 spiro atoms. The number of carbonyl (C=O) groups excluding carboxylic acids is 2. The molecular formula is C24H38O4. The van der Waals surface area contributed by atoms with Gasteiger partial charge in [0.2, 0.25) is 0 Å². The highest BCUT2D eigenvalue weighted by molar-refractivity contribution is 5.66. The summed E-state index contributed by atoms with van der Waals surface area (Å²) in [7, 11) is 0. The minimum absolute atomic E-state index is 0.189. The Kier molecular flexibility index (Phi) is 19.9. The van der Waals surface area contributed by atoms with Crippen molar-refractivity contribution >= 4 is 11.9 Å². The van der Waals surface area contributed by atoms with Gasteiger partial charge in [0.1, 0.15) is 0 Å². The molecule has 0 saturated carbocycles. The molecule has 0 aliphatic heterocycles. The molecule has 0 amide bonds. The first-order valence-electron chi connectivity index (χ1n) is 10.9. The van der Waals surface area contributed by atoms with Gasteiger partial charge in [0, 0.05) is 26.7 Å². The molecule has 0 aliphatic rings. The van der Waals surface area contributed by atoms with Crippen LogP contribution >= 0.6 is 0 Å². The summed E-state index contributed by atoms with van der Waals surface area (Å²) in [4.78, 5) is 21.2. The van der Waals surface area contributed by atoms with Crippen LogP contribution in [0.1, 0.15) is 104 Å². The van der Waals surface area contributed by atoms with Crippen molar-refractivity contribution in [1.82, 2.24) is 0 Å². The summed E-state index contributed by atoms with van der Waals surface area (Å²) in [6.07, 6.45) is 15.5. The van der Waals surface area contributed by atoms with Gasteiger partial charge in [0.05, 0.1) is 13.2 Å². The summed E-state index contributed by atoms with van der Waals surface area (Å²) in [5.41, 5.74) is 0. The molecule has 0 N–H and O–H groups in total. The number of esters is 2. The van der Waals surface area contributed by atoms with Crippen molar-refractivity contribution in [2.45, 2.75) is 104 Å². The lowest BCUT2D eigenvalue weighted by Gasteiger charge is -2.01. The molecule has 0 fully saturated rings. The third-order valence-electron chi connectivity index (χ3n) is 4.24. The van der Waals surface area contributed by atoms with Crippen molar-refractivity contribution in [2.24, 2.45) is 0 Å². The van der Waals surface area contributed by atoms with Crippen molar-refractivity contribution in [3.05, 3.63) is 0 Å². The Bertz CT molecular complexity index is 468. The summed E-state index contributed by atoms with van der Waals surface area (Å²) in [6.45, 7) is 4.01. The van der Waals surface area contributed by atoms with Gasteiger partial charge in [-0.15, -0.1) is 0 Å². The average Bonchev–Trinajstić information content (AvgIpc) is 2.65. The highest BCUT2D eigenvalue weighted by atomic mass is 16.5. The van der Waals surface area contributed by atoms with Gasteiger partial charge in [-0.25, -0.2) is 0 Å². The highest BCUT2D eigenvalue weighted by Crippen LogP contribution is 2.08. The van der Waals surface area contributed by atoms with Gasteiger partial charge in [0.25, 0.3) is 0 Å². The number of hydrogen-bond acceptors (Lipinski definition) is 4. The van der Waals surface area contributed by atoms with E-state index >= 15 is 0 Å². The van der Waals surface area contributed by atoms with Crippen LogP contribution in [0.4, 0.5) is 0 Å². The molecule has 0 saturated heterocycles. The molecule has 0 unspecified atom stereocenters. The Morgan fingerprint density at radius 3 is 1.21 bits per heavy atom. The van der Waals surface area contributed by atoms with E-state index in [0.717, 1.165) is 51.4 Å². The third kappa shape index (κ3) is 24.1. The van der Waals surface area contributed by atoms with Crippen molar-refractivity contribution in [1.29, 1.82) is 0 Å². The summed E-state index contributed by atoms with van der Waals surface area (Å²) < 4.78 is 9.80. The minimum Gasteiger partial charge on any atom is -0.466 e. The zero-order valence-corrected chi connectivity index (χ0v) is 17.9. The predicted molar refractivity (Wildman–Crippen MR) is 113 cm³/mol. The molecule has 0 aliphatic carbocycles. The molecule has 4 heteroatoms. The lowest BCUT2D eigenvalue weighted by Crippen LogP contribution is -1.99. The Morgan fingerprint density at radius 1 is 0.536 bits per heavy atom. The van der Waals surface area contributed by atoms with E-state index < -0.39 is 0 Å². The van der Waals surface area contributed by atoms with E-state index in [1.54, 1.807) is 0 Å². The van der Waals surface area contributed by atoms with Crippen molar-refractivity contribution in [3.63, 3.8) is 0 Å². The molecule has 0 heterocycles. The van der Waals surface area contributed by atoms with E-state index in [9.17, 15) is 9.59 Å². The Labute approximate surface area is 172 Å². The summed E-state index contributed by atoms with van der Waals surface area (Å²) in [5.74, 6) is 11.8. The van der Waals surface area contributed by atoms with Crippen molar-refractivity contribution < 1.29 is 19.1 Å². The minimum atomic E-state index is -0.189. The molecular weight excluding hydrogens is 352 g/mol. The van der Waals surface area contributed by atoms with Gasteiger partial charge < -0.3 is 9.47 Å². The van der Waals surface area contributed by atoms with E-state index in [0.29, 0.717) is 13.2 Å². The van der Waals surface area contributed by atoms with Gasteiger partial charge in [-0.2, -0.15) is 0 Å². The molecule has 0 aromatic rings. The van der Waals surface area contributed by atoms with Gasteiger partial charge in [-0.1, -0.05) is 63.2 Å². The largest absolute Gasteiger partial charge is 0.466 e. The van der Waals surface area contributed by atoms with Gasteiger partial charge in [-0.05, 0) is 37.5 Å². The van der Waals surface area contributed by atoms with Crippen LogP contribution in [0.25, 0.3) is 0 Å². The fourth-order valence-corrected chi connectivity index (χ4v) is 2.69. The zero-order valence-electron chi connectivity index (χ0n) is 17.9. The number of ether oxygens (including phenoxy) is 2. The maximum Gasteiger partial charge on any atom is 0.302 e.